The molecule has 0 fully saturated rings. The lowest BCUT2D eigenvalue weighted by molar-refractivity contribution is 0.114. The van der Waals surface area contributed by atoms with Gasteiger partial charge >= 0.3 is 0 Å². The van der Waals surface area contributed by atoms with Crippen molar-refractivity contribution in [2.75, 3.05) is 13.2 Å². The second-order valence-electron chi connectivity index (χ2n) is 5.13. The molecule has 0 aromatic heterocycles. The molecular formula is C13H18O2. The number of hydrogen-bond donors (Lipinski definition) is 0. The Morgan fingerprint density at radius 3 is 1.87 bits per heavy atom. The van der Waals surface area contributed by atoms with Crippen molar-refractivity contribution in [1.29, 1.82) is 0 Å². The minimum Gasteiger partial charge on any atom is -0.489 e. The predicted molar refractivity (Wildman–Crippen MR) is 60.4 cm³/mol. The minimum absolute atomic E-state index is 0.224. The fourth-order valence-corrected chi connectivity index (χ4v) is 1.62. The molecule has 15 heavy (non-hydrogen) atoms. The van der Waals surface area contributed by atoms with E-state index in [0.29, 0.717) is 5.92 Å². The molecule has 1 heterocycles. The molecule has 0 spiro atoms. The Balaban J connectivity index is 2.15. The van der Waals surface area contributed by atoms with Crippen molar-refractivity contribution < 1.29 is 9.47 Å². The molecule has 0 radical (unpaired) electrons. The standard InChI is InChI=1S/C13H18O2/c1-13(2,3)10-8-14-11-6-4-5-7-12(11)15-9-10/h4-7,10H,8-9H2,1-3H3. The van der Waals surface area contributed by atoms with Crippen LogP contribution in [0.1, 0.15) is 20.8 Å². The fourth-order valence-electron chi connectivity index (χ4n) is 1.62. The summed E-state index contributed by atoms with van der Waals surface area (Å²) in [6.45, 7) is 8.14. The van der Waals surface area contributed by atoms with Gasteiger partial charge in [-0.2, -0.15) is 0 Å². The molecule has 0 aliphatic carbocycles. The van der Waals surface area contributed by atoms with Crippen molar-refractivity contribution >= 4 is 0 Å². The van der Waals surface area contributed by atoms with E-state index in [2.05, 4.69) is 20.8 Å². The van der Waals surface area contributed by atoms with Gasteiger partial charge in [-0.25, -0.2) is 0 Å². The normalized spacial score (nSPS) is 17.3. The third-order valence-electron chi connectivity index (χ3n) is 2.95. The maximum Gasteiger partial charge on any atom is 0.161 e. The summed E-state index contributed by atoms with van der Waals surface area (Å²) in [5.74, 6) is 2.17. The zero-order valence-corrected chi connectivity index (χ0v) is 9.62. The van der Waals surface area contributed by atoms with E-state index in [1.807, 2.05) is 24.3 Å². The van der Waals surface area contributed by atoms with Gasteiger partial charge in [0.2, 0.25) is 0 Å². The molecule has 0 N–H and O–H groups in total. The summed E-state index contributed by atoms with van der Waals surface area (Å²) in [4.78, 5) is 0. The van der Waals surface area contributed by atoms with Crippen LogP contribution in [-0.4, -0.2) is 13.2 Å². The van der Waals surface area contributed by atoms with E-state index < -0.39 is 0 Å². The van der Waals surface area contributed by atoms with E-state index in [1.54, 1.807) is 0 Å². The molecule has 2 heteroatoms. The SMILES string of the molecule is CC(C)(C)C1COc2ccccc2OC1. The molecule has 0 unspecified atom stereocenters. The van der Waals surface area contributed by atoms with Crippen LogP contribution in [0.15, 0.2) is 24.3 Å². The molecule has 2 nitrogen and oxygen atoms in total. The first kappa shape index (κ1) is 10.3. The smallest absolute Gasteiger partial charge is 0.161 e. The summed E-state index contributed by atoms with van der Waals surface area (Å²) in [6, 6.07) is 7.86. The molecule has 1 aromatic carbocycles. The molecule has 0 saturated heterocycles. The highest BCUT2D eigenvalue weighted by atomic mass is 16.5. The van der Waals surface area contributed by atoms with Gasteiger partial charge in [0, 0.05) is 5.92 Å². The third kappa shape index (κ3) is 2.25. The first-order valence-electron chi connectivity index (χ1n) is 5.42. The van der Waals surface area contributed by atoms with Crippen molar-refractivity contribution in [3.63, 3.8) is 0 Å². The number of benzene rings is 1. The van der Waals surface area contributed by atoms with Crippen molar-refractivity contribution in [2.24, 2.45) is 11.3 Å². The summed E-state index contributed by atoms with van der Waals surface area (Å²) in [6.07, 6.45) is 0. The van der Waals surface area contributed by atoms with Crippen molar-refractivity contribution in [3.05, 3.63) is 24.3 Å². The average Bonchev–Trinajstić information content (AvgIpc) is 2.38. The van der Waals surface area contributed by atoms with Crippen LogP contribution >= 0.6 is 0 Å². The maximum atomic E-state index is 5.76. The largest absolute Gasteiger partial charge is 0.489 e. The van der Waals surface area contributed by atoms with Crippen LogP contribution in [0.25, 0.3) is 0 Å². The Kier molecular flexibility index (Phi) is 2.59. The Bertz CT molecular complexity index is 312. The molecule has 0 bridgehead atoms. The quantitative estimate of drug-likeness (QED) is 0.649. The Hall–Kier alpha value is -1.18. The Morgan fingerprint density at radius 2 is 1.47 bits per heavy atom. The molecule has 0 saturated carbocycles. The molecule has 82 valence electrons. The Labute approximate surface area is 91.2 Å². The lowest BCUT2D eigenvalue weighted by Crippen LogP contribution is -2.30. The highest BCUT2D eigenvalue weighted by Gasteiger charge is 2.28. The van der Waals surface area contributed by atoms with Crippen LogP contribution < -0.4 is 9.47 Å². The summed E-state index contributed by atoms with van der Waals surface area (Å²) < 4.78 is 11.5. The summed E-state index contributed by atoms with van der Waals surface area (Å²) in [5.41, 5.74) is 0.224. The van der Waals surface area contributed by atoms with Gasteiger partial charge in [-0.15, -0.1) is 0 Å². The fraction of sp³-hybridized carbons (Fsp3) is 0.538. The van der Waals surface area contributed by atoms with Gasteiger partial charge in [0.25, 0.3) is 0 Å². The second kappa shape index (κ2) is 3.76. The average molecular weight is 206 g/mol. The van der Waals surface area contributed by atoms with Crippen molar-refractivity contribution in [2.45, 2.75) is 20.8 Å². The number of fused-ring (bicyclic) bond motifs is 1. The molecule has 0 amide bonds. The van der Waals surface area contributed by atoms with Crippen LogP contribution in [0.5, 0.6) is 11.5 Å². The topological polar surface area (TPSA) is 18.5 Å². The van der Waals surface area contributed by atoms with Crippen molar-refractivity contribution in [3.8, 4) is 11.5 Å². The monoisotopic (exact) mass is 206 g/mol. The second-order valence-corrected chi connectivity index (χ2v) is 5.13. The molecule has 1 aliphatic rings. The van der Waals surface area contributed by atoms with E-state index in [9.17, 15) is 0 Å². The number of para-hydroxylation sites is 2. The van der Waals surface area contributed by atoms with E-state index in [1.165, 1.54) is 0 Å². The maximum absolute atomic E-state index is 5.76. The van der Waals surface area contributed by atoms with Gasteiger partial charge in [-0.05, 0) is 17.5 Å². The highest BCUT2D eigenvalue weighted by molar-refractivity contribution is 5.39. The van der Waals surface area contributed by atoms with Gasteiger partial charge in [0.05, 0.1) is 13.2 Å². The molecule has 1 aliphatic heterocycles. The highest BCUT2D eigenvalue weighted by Crippen LogP contribution is 2.34. The van der Waals surface area contributed by atoms with Crippen LogP contribution in [0.2, 0.25) is 0 Å². The molecule has 0 atom stereocenters. The van der Waals surface area contributed by atoms with Gasteiger partial charge in [0.15, 0.2) is 11.5 Å². The predicted octanol–water partition coefficient (Wildman–Crippen LogP) is 3.12. The minimum atomic E-state index is 0.224. The molecule has 1 aromatic rings. The number of ether oxygens (including phenoxy) is 2. The van der Waals surface area contributed by atoms with E-state index in [-0.39, 0.29) is 5.41 Å². The van der Waals surface area contributed by atoms with E-state index in [4.69, 9.17) is 9.47 Å². The van der Waals surface area contributed by atoms with Crippen LogP contribution in [-0.2, 0) is 0 Å². The van der Waals surface area contributed by atoms with E-state index in [0.717, 1.165) is 24.7 Å². The Morgan fingerprint density at radius 1 is 1.00 bits per heavy atom. The summed E-state index contributed by atoms with van der Waals surface area (Å²) >= 11 is 0. The summed E-state index contributed by atoms with van der Waals surface area (Å²) in [7, 11) is 0. The summed E-state index contributed by atoms with van der Waals surface area (Å²) in [5, 5.41) is 0. The van der Waals surface area contributed by atoms with Gasteiger partial charge in [-0.3, -0.25) is 0 Å². The third-order valence-corrected chi connectivity index (χ3v) is 2.95. The first-order valence-corrected chi connectivity index (χ1v) is 5.42. The lowest BCUT2D eigenvalue weighted by atomic mass is 9.82. The number of rotatable bonds is 0. The van der Waals surface area contributed by atoms with Gasteiger partial charge in [-0.1, -0.05) is 32.9 Å². The van der Waals surface area contributed by atoms with Crippen LogP contribution in [0, 0.1) is 11.3 Å². The van der Waals surface area contributed by atoms with E-state index >= 15 is 0 Å². The zero-order chi connectivity index (χ0) is 10.9. The first-order chi connectivity index (χ1) is 7.07. The van der Waals surface area contributed by atoms with Crippen LogP contribution in [0.3, 0.4) is 0 Å². The molecular weight excluding hydrogens is 188 g/mol. The number of hydrogen-bond acceptors (Lipinski definition) is 2. The molecule has 2 rings (SSSR count). The van der Waals surface area contributed by atoms with Gasteiger partial charge in [0.1, 0.15) is 0 Å². The van der Waals surface area contributed by atoms with Gasteiger partial charge < -0.3 is 9.47 Å². The van der Waals surface area contributed by atoms with Crippen molar-refractivity contribution in [1.82, 2.24) is 0 Å². The zero-order valence-electron chi connectivity index (χ0n) is 9.62. The lowest BCUT2D eigenvalue weighted by Gasteiger charge is -2.28. The van der Waals surface area contributed by atoms with Crippen LogP contribution in [0.4, 0.5) is 0 Å².